The van der Waals surface area contributed by atoms with Crippen molar-refractivity contribution < 1.29 is 0 Å². The molecular weight excluding hydrogens is 292 g/mol. The number of aromatic nitrogens is 1. The van der Waals surface area contributed by atoms with Gasteiger partial charge in [-0.2, -0.15) is 0 Å². The van der Waals surface area contributed by atoms with Crippen molar-refractivity contribution in [1.29, 1.82) is 0 Å². The number of rotatable bonds is 1. The van der Waals surface area contributed by atoms with Crippen LogP contribution in [0.1, 0.15) is 64.3 Å². The third kappa shape index (κ3) is 2.31. The second kappa shape index (κ2) is 5.02. The lowest BCUT2D eigenvalue weighted by atomic mass is 9.63. The Labute approximate surface area is 144 Å². The topological polar surface area (TPSA) is 25.2 Å². The van der Waals surface area contributed by atoms with Crippen LogP contribution in [0.2, 0.25) is 0 Å². The van der Waals surface area contributed by atoms with Gasteiger partial charge in [0.2, 0.25) is 0 Å². The molecule has 0 saturated heterocycles. The zero-order chi connectivity index (χ0) is 17.1. The molecule has 2 heteroatoms. The standard InChI is InChI=1S/C22H26N2/c1-14-10-16(13-24-14)20-17-12-19-18(11-15(17)6-9-23-20)21(2,3)7-8-22(19,4)5/h6,9-12H,7-8,13H2,1-5H3. The van der Waals surface area contributed by atoms with E-state index in [9.17, 15) is 0 Å². The van der Waals surface area contributed by atoms with Gasteiger partial charge in [0.25, 0.3) is 0 Å². The van der Waals surface area contributed by atoms with Crippen molar-refractivity contribution in [3.05, 3.63) is 47.3 Å². The first-order valence-corrected chi connectivity index (χ1v) is 8.94. The van der Waals surface area contributed by atoms with E-state index in [0.717, 1.165) is 18.0 Å². The summed E-state index contributed by atoms with van der Waals surface area (Å²) in [7, 11) is 0. The molecule has 2 heterocycles. The summed E-state index contributed by atoms with van der Waals surface area (Å²) in [4.78, 5) is 9.24. The number of nitrogens with zero attached hydrogens (tertiary/aromatic N) is 2. The Morgan fingerprint density at radius 1 is 0.958 bits per heavy atom. The number of pyridine rings is 1. The van der Waals surface area contributed by atoms with E-state index >= 15 is 0 Å². The van der Waals surface area contributed by atoms with Crippen molar-refractivity contribution >= 4 is 22.1 Å². The molecule has 1 aliphatic heterocycles. The van der Waals surface area contributed by atoms with Crippen molar-refractivity contribution in [2.75, 3.05) is 6.54 Å². The average Bonchev–Trinajstić information content (AvgIpc) is 2.96. The van der Waals surface area contributed by atoms with E-state index in [-0.39, 0.29) is 10.8 Å². The maximum absolute atomic E-state index is 4.71. The van der Waals surface area contributed by atoms with Gasteiger partial charge in [-0.25, -0.2) is 0 Å². The van der Waals surface area contributed by atoms with Gasteiger partial charge >= 0.3 is 0 Å². The van der Waals surface area contributed by atoms with Gasteiger partial charge < -0.3 is 0 Å². The van der Waals surface area contributed by atoms with Crippen LogP contribution in [-0.4, -0.2) is 17.2 Å². The first-order valence-electron chi connectivity index (χ1n) is 8.94. The Kier molecular flexibility index (Phi) is 3.25. The predicted octanol–water partition coefficient (Wildman–Crippen LogP) is 5.44. The molecule has 2 nitrogen and oxygen atoms in total. The second-order valence-electron chi connectivity index (χ2n) is 8.67. The highest BCUT2D eigenvalue weighted by molar-refractivity contribution is 6.06. The second-order valence-corrected chi connectivity index (χ2v) is 8.67. The number of allylic oxidation sites excluding steroid dienone is 1. The Morgan fingerprint density at radius 3 is 2.25 bits per heavy atom. The first-order chi connectivity index (χ1) is 11.3. The highest BCUT2D eigenvalue weighted by Gasteiger charge is 2.37. The van der Waals surface area contributed by atoms with Crippen molar-refractivity contribution in [2.24, 2.45) is 4.99 Å². The quantitative estimate of drug-likeness (QED) is 0.687. The van der Waals surface area contributed by atoms with Gasteiger partial charge in [-0.15, -0.1) is 0 Å². The molecule has 0 radical (unpaired) electrons. The highest BCUT2D eigenvalue weighted by atomic mass is 14.8. The van der Waals surface area contributed by atoms with E-state index in [0.29, 0.717) is 0 Å². The van der Waals surface area contributed by atoms with Gasteiger partial charge in [0, 0.05) is 22.9 Å². The molecule has 0 fully saturated rings. The molecule has 0 unspecified atom stereocenters. The van der Waals surface area contributed by atoms with E-state index in [1.165, 1.54) is 40.3 Å². The van der Waals surface area contributed by atoms with Crippen LogP contribution in [0.4, 0.5) is 0 Å². The van der Waals surface area contributed by atoms with Crippen LogP contribution in [0.5, 0.6) is 0 Å². The van der Waals surface area contributed by atoms with Crippen LogP contribution in [0, 0.1) is 0 Å². The molecule has 124 valence electrons. The summed E-state index contributed by atoms with van der Waals surface area (Å²) in [6.45, 7) is 12.3. The van der Waals surface area contributed by atoms with Crippen molar-refractivity contribution in [3.8, 4) is 0 Å². The van der Waals surface area contributed by atoms with Gasteiger partial charge in [-0.05, 0) is 65.3 Å². The number of aliphatic imine (C=N–C) groups is 1. The van der Waals surface area contributed by atoms with Gasteiger partial charge in [-0.3, -0.25) is 9.98 Å². The minimum absolute atomic E-state index is 0.225. The molecule has 0 N–H and O–H groups in total. The summed E-state index contributed by atoms with van der Waals surface area (Å²) in [6, 6.07) is 6.99. The summed E-state index contributed by atoms with van der Waals surface area (Å²) in [5, 5.41) is 2.58. The molecular formula is C22H26N2. The van der Waals surface area contributed by atoms with E-state index in [1.807, 2.05) is 6.20 Å². The SMILES string of the molecule is CC1=NCC(c2nccc3cc4c(cc23)C(C)(C)CCC4(C)C)=C1. The number of benzene rings is 1. The Morgan fingerprint density at radius 2 is 1.62 bits per heavy atom. The Bertz CT molecular complexity index is 898. The maximum atomic E-state index is 4.71. The minimum atomic E-state index is 0.225. The maximum Gasteiger partial charge on any atom is 0.0759 e. The molecule has 0 atom stereocenters. The predicted molar refractivity (Wildman–Crippen MR) is 103 cm³/mol. The van der Waals surface area contributed by atoms with Crippen LogP contribution < -0.4 is 0 Å². The zero-order valence-electron chi connectivity index (χ0n) is 15.4. The van der Waals surface area contributed by atoms with Gasteiger partial charge in [0.15, 0.2) is 0 Å². The first kappa shape index (κ1) is 15.6. The minimum Gasteiger partial charge on any atom is -0.285 e. The number of hydrogen-bond acceptors (Lipinski definition) is 2. The van der Waals surface area contributed by atoms with Crippen LogP contribution in [0.3, 0.4) is 0 Å². The molecule has 2 aromatic rings. The normalized spacial score (nSPS) is 21.4. The van der Waals surface area contributed by atoms with Crippen molar-refractivity contribution in [2.45, 2.75) is 58.3 Å². The summed E-state index contributed by atoms with van der Waals surface area (Å²) in [5.41, 5.74) is 6.93. The van der Waals surface area contributed by atoms with Gasteiger partial charge in [0.1, 0.15) is 0 Å². The van der Waals surface area contributed by atoms with E-state index in [2.05, 4.69) is 63.9 Å². The number of fused-ring (bicyclic) bond motifs is 2. The molecule has 4 rings (SSSR count). The highest BCUT2D eigenvalue weighted by Crippen LogP contribution is 2.47. The van der Waals surface area contributed by atoms with E-state index < -0.39 is 0 Å². The third-order valence-electron chi connectivity index (χ3n) is 5.92. The van der Waals surface area contributed by atoms with Crippen molar-refractivity contribution in [1.82, 2.24) is 4.98 Å². The fourth-order valence-electron chi connectivity index (χ4n) is 4.19. The Hall–Kier alpha value is -1.96. The summed E-state index contributed by atoms with van der Waals surface area (Å²) in [6.07, 6.45) is 6.60. The monoisotopic (exact) mass is 318 g/mol. The summed E-state index contributed by atoms with van der Waals surface area (Å²) < 4.78 is 0. The average molecular weight is 318 g/mol. The van der Waals surface area contributed by atoms with Crippen molar-refractivity contribution in [3.63, 3.8) is 0 Å². The van der Waals surface area contributed by atoms with E-state index in [1.54, 1.807) is 0 Å². The fraction of sp³-hybridized carbons (Fsp3) is 0.455. The lowest BCUT2D eigenvalue weighted by Crippen LogP contribution is -2.33. The third-order valence-corrected chi connectivity index (χ3v) is 5.92. The number of hydrogen-bond donors (Lipinski definition) is 0. The molecule has 1 aliphatic carbocycles. The summed E-state index contributed by atoms with van der Waals surface area (Å²) in [5.74, 6) is 0. The zero-order valence-corrected chi connectivity index (χ0v) is 15.4. The molecule has 0 saturated carbocycles. The molecule has 0 amide bonds. The largest absolute Gasteiger partial charge is 0.285 e. The van der Waals surface area contributed by atoms with E-state index in [4.69, 9.17) is 4.98 Å². The molecule has 1 aromatic heterocycles. The fourth-order valence-corrected chi connectivity index (χ4v) is 4.19. The smallest absolute Gasteiger partial charge is 0.0759 e. The Balaban J connectivity index is 1.99. The summed E-state index contributed by atoms with van der Waals surface area (Å²) >= 11 is 0. The molecule has 24 heavy (non-hydrogen) atoms. The van der Waals surface area contributed by atoms with Gasteiger partial charge in [0.05, 0.1) is 12.2 Å². The van der Waals surface area contributed by atoms with Crippen LogP contribution >= 0.6 is 0 Å². The van der Waals surface area contributed by atoms with Crippen LogP contribution in [0.15, 0.2) is 35.5 Å². The lowest BCUT2D eigenvalue weighted by molar-refractivity contribution is 0.332. The van der Waals surface area contributed by atoms with Crippen LogP contribution in [0.25, 0.3) is 16.3 Å². The molecule has 1 aromatic carbocycles. The van der Waals surface area contributed by atoms with Gasteiger partial charge in [-0.1, -0.05) is 33.8 Å². The van der Waals surface area contributed by atoms with Crippen LogP contribution in [-0.2, 0) is 10.8 Å². The molecule has 2 aliphatic rings. The lowest BCUT2D eigenvalue weighted by Gasteiger charge is -2.42. The molecule has 0 bridgehead atoms. The molecule has 0 spiro atoms.